The number of nitrogens with two attached hydrogens (primary N) is 1. The zero-order chi connectivity index (χ0) is 22.4. The molecule has 0 spiro atoms. The molecule has 0 atom stereocenters. The highest BCUT2D eigenvalue weighted by Gasteiger charge is 2.22. The Morgan fingerprint density at radius 2 is 1.26 bits per heavy atom. The lowest BCUT2D eigenvalue weighted by molar-refractivity contribution is -0.120. The van der Waals surface area contributed by atoms with Crippen LogP contribution in [-0.4, -0.2) is 5.91 Å². The van der Waals surface area contributed by atoms with Gasteiger partial charge in [0.25, 0.3) is 0 Å². The van der Waals surface area contributed by atoms with Crippen LogP contribution in [0.2, 0.25) is 0 Å². The average molecular weight is 421 g/mol. The molecule has 3 heteroatoms. The van der Waals surface area contributed by atoms with Gasteiger partial charge in [-0.2, -0.15) is 0 Å². The Labute approximate surface area is 188 Å². The Balaban J connectivity index is 1.89. The van der Waals surface area contributed by atoms with Crippen LogP contribution in [0.25, 0.3) is 0 Å². The minimum atomic E-state index is 0.178. The number of carbonyl (C=O) groups excluding carboxylic acids is 1. The Morgan fingerprint density at radius 1 is 0.806 bits per heavy atom. The molecule has 0 radical (unpaired) electrons. The van der Waals surface area contributed by atoms with E-state index >= 15 is 0 Å². The molecule has 3 nitrogen and oxygen atoms in total. The summed E-state index contributed by atoms with van der Waals surface area (Å²) in [6.07, 6.45) is 10.3. The summed E-state index contributed by atoms with van der Waals surface area (Å²) >= 11 is 0. The summed E-state index contributed by atoms with van der Waals surface area (Å²) in [5.41, 5.74) is 16.0. The normalized spacial score (nSPS) is 14.6. The molecule has 0 saturated heterocycles. The summed E-state index contributed by atoms with van der Waals surface area (Å²) in [6, 6.07) is 9.13. The second-order valence-electron chi connectivity index (χ2n) is 9.03. The topological polar surface area (TPSA) is 55.1 Å². The first-order chi connectivity index (χ1) is 15.0. The van der Waals surface area contributed by atoms with E-state index in [2.05, 4.69) is 57.3 Å². The van der Waals surface area contributed by atoms with Gasteiger partial charge in [0, 0.05) is 17.3 Å². The Hall–Kier alpha value is -2.29. The van der Waals surface area contributed by atoms with Crippen LogP contribution in [0.15, 0.2) is 24.3 Å². The Morgan fingerprint density at radius 3 is 1.71 bits per heavy atom. The van der Waals surface area contributed by atoms with Crippen LogP contribution in [0.5, 0.6) is 0 Å². The van der Waals surface area contributed by atoms with Gasteiger partial charge in [-0.15, -0.1) is 0 Å². The average Bonchev–Trinajstić information content (AvgIpc) is 2.81. The first kappa shape index (κ1) is 23.4. The summed E-state index contributed by atoms with van der Waals surface area (Å²) in [7, 11) is 0. The van der Waals surface area contributed by atoms with Crippen molar-refractivity contribution >= 4 is 17.3 Å². The number of nitrogens with one attached hydrogen (secondary N) is 1. The number of hydrogen-bond donors (Lipinski definition) is 2. The fourth-order valence-electron chi connectivity index (χ4n) is 5.02. The van der Waals surface area contributed by atoms with Crippen molar-refractivity contribution in [1.82, 2.24) is 0 Å². The number of hydrogen-bond acceptors (Lipinski definition) is 2. The van der Waals surface area contributed by atoms with Crippen LogP contribution >= 0.6 is 0 Å². The molecule has 0 bridgehead atoms. The van der Waals surface area contributed by atoms with Gasteiger partial charge in [-0.1, -0.05) is 71.2 Å². The van der Waals surface area contributed by atoms with Gasteiger partial charge < -0.3 is 11.1 Å². The van der Waals surface area contributed by atoms with Gasteiger partial charge in [0.2, 0.25) is 5.91 Å². The van der Waals surface area contributed by atoms with Gasteiger partial charge in [-0.05, 0) is 78.3 Å². The van der Waals surface area contributed by atoms with Crippen LogP contribution in [0.1, 0.15) is 93.2 Å². The van der Waals surface area contributed by atoms with Gasteiger partial charge >= 0.3 is 0 Å². The summed E-state index contributed by atoms with van der Waals surface area (Å²) in [5.74, 6) is 0.396. The van der Waals surface area contributed by atoms with Crippen molar-refractivity contribution in [2.24, 2.45) is 5.92 Å². The number of amides is 1. The quantitative estimate of drug-likeness (QED) is 0.471. The highest BCUT2D eigenvalue weighted by atomic mass is 16.1. The van der Waals surface area contributed by atoms with Gasteiger partial charge in [0.15, 0.2) is 0 Å². The first-order valence-electron chi connectivity index (χ1n) is 12.4. The first-order valence-corrected chi connectivity index (χ1v) is 12.4. The van der Waals surface area contributed by atoms with E-state index in [1.165, 1.54) is 52.6 Å². The van der Waals surface area contributed by atoms with E-state index in [9.17, 15) is 4.79 Å². The minimum absolute atomic E-state index is 0.178. The largest absolute Gasteiger partial charge is 0.398 e. The molecule has 0 aliphatic heterocycles. The van der Waals surface area contributed by atoms with E-state index in [0.29, 0.717) is 0 Å². The van der Waals surface area contributed by atoms with Crippen molar-refractivity contribution in [1.29, 1.82) is 0 Å². The maximum Gasteiger partial charge on any atom is 0.227 e. The molecular weight excluding hydrogens is 380 g/mol. The minimum Gasteiger partial charge on any atom is -0.398 e. The molecule has 31 heavy (non-hydrogen) atoms. The van der Waals surface area contributed by atoms with Crippen molar-refractivity contribution in [3.05, 3.63) is 57.6 Å². The number of aryl methyl sites for hydroxylation is 4. The summed E-state index contributed by atoms with van der Waals surface area (Å²) in [6.45, 7) is 8.71. The summed E-state index contributed by atoms with van der Waals surface area (Å²) in [4.78, 5) is 12.9. The SMILES string of the molecule is CCc1cc(Cc2cc(CC)c(NC(=O)C3CCCCC3)c(CC)c2)cc(CC)c1N. The van der Waals surface area contributed by atoms with Crippen LogP contribution in [0.4, 0.5) is 11.4 Å². The van der Waals surface area contributed by atoms with Gasteiger partial charge in [0.05, 0.1) is 0 Å². The molecule has 3 rings (SSSR count). The van der Waals surface area contributed by atoms with E-state index < -0.39 is 0 Å². The van der Waals surface area contributed by atoms with E-state index in [4.69, 9.17) is 5.73 Å². The molecule has 1 saturated carbocycles. The van der Waals surface area contributed by atoms with Crippen molar-refractivity contribution in [3.63, 3.8) is 0 Å². The highest BCUT2D eigenvalue weighted by Crippen LogP contribution is 2.30. The number of nitrogen functional groups attached to an aromatic ring is 1. The second-order valence-corrected chi connectivity index (χ2v) is 9.03. The lowest BCUT2D eigenvalue weighted by Crippen LogP contribution is -2.26. The van der Waals surface area contributed by atoms with E-state index in [-0.39, 0.29) is 11.8 Å². The zero-order valence-corrected chi connectivity index (χ0v) is 19.9. The van der Waals surface area contributed by atoms with E-state index in [1.54, 1.807) is 0 Å². The van der Waals surface area contributed by atoms with Crippen LogP contribution in [0.3, 0.4) is 0 Å². The van der Waals surface area contributed by atoms with Gasteiger partial charge in [0.1, 0.15) is 0 Å². The van der Waals surface area contributed by atoms with Crippen LogP contribution in [0, 0.1) is 5.92 Å². The van der Waals surface area contributed by atoms with Crippen molar-refractivity contribution in [2.75, 3.05) is 11.1 Å². The molecule has 2 aromatic rings. The molecule has 1 aliphatic carbocycles. The van der Waals surface area contributed by atoms with E-state index in [0.717, 1.165) is 56.3 Å². The third kappa shape index (κ3) is 5.50. The third-order valence-corrected chi connectivity index (χ3v) is 6.93. The molecule has 2 aromatic carbocycles. The molecule has 0 unspecified atom stereocenters. The predicted molar refractivity (Wildman–Crippen MR) is 133 cm³/mol. The number of anilines is 2. The van der Waals surface area contributed by atoms with Crippen molar-refractivity contribution in [3.8, 4) is 0 Å². The lowest BCUT2D eigenvalue weighted by Gasteiger charge is -2.23. The highest BCUT2D eigenvalue weighted by molar-refractivity contribution is 5.94. The molecule has 0 heterocycles. The maximum absolute atomic E-state index is 12.9. The Kier molecular flexibility index (Phi) is 8.17. The molecule has 3 N–H and O–H groups in total. The van der Waals surface area contributed by atoms with Gasteiger partial charge in [-0.25, -0.2) is 0 Å². The smallest absolute Gasteiger partial charge is 0.227 e. The third-order valence-electron chi connectivity index (χ3n) is 6.93. The Bertz CT molecular complexity index is 859. The van der Waals surface area contributed by atoms with E-state index in [1.807, 2.05) is 0 Å². The standard InChI is InChI=1S/C28H40N2O/c1-5-21-15-19(16-22(6-2)26(21)29)14-20-17-23(7-3)27(24(8-4)18-20)30-28(31)25-12-10-9-11-13-25/h15-18,25H,5-14,29H2,1-4H3,(H,30,31). The predicted octanol–water partition coefficient (Wildman–Crippen LogP) is 6.63. The number of rotatable bonds is 8. The summed E-state index contributed by atoms with van der Waals surface area (Å²) in [5, 5.41) is 3.33. The van der Waals surface area contributed by atoms with Crippen LogP contribution in [-0.2, 0) is 36.9 Å². The molecular formula is C28H40N2O. The van der Waals surface area contributed by atoms with Crippen LogP contribution < -0.4 is 11.1 Å². The molecule has 168 valence electrons. The molecule has 1 aliphatic rings. The fraction of sp³-hybridized carbons (Fsp3) is 0.536. The molecule has 1 fully saturated rings. The fourth-order valence-corrected chi connectivity index (χ4v) is 5.02. The zero-order valence-electron chi connectivity index (χ0n) is 19.9. The van der Waals surface area contributed by atoms with Crippen molar-refractivity contribution < 1.29 is 4.79 Å². The molecule has 1 amide bonds. The monoisotopic (exact) mass is 420 g/mol. The molecule has 0 aromatic heterocycles. The second kappa shape index (κ2) is 10.8. The maximum atomic E-state index is 12.9. The summed E-state index contributed by atoms with van der Waals surface area (Å²) < 4.78 is 0. The number of carbonyl (C=O) groups is 1. The number of benzene rings is 2. The lowest BCUT2D eigenvalue weighted by atomic mass is 9.88. The van der Waals surface area contributed by atoms with Crippen molar-refractivity contribution in [2.45, 2.75) is 91.9 Å². The van der Waals surface area contributed by atoms with Gasteiger partial charge in [-0.3, -0.25) is 4.79 Å².